The number of benzene rings is 1. The number of nitrogens with zero attached hydrogens (tertiary/aromatic N) is 3. The Labute approximate surface area is 480 Å². The third-order valence-corrected chi connectivity index (χ3v) is 17.0. The van der Waals surface area contributed by atoms with Gasteiger partial charge in [0.25, 0.3) is 0 Å². The van der Waals surface area contributed by atoms with Gasteiger partial charge in [-0.1, -0.05) is 51.4 Å². The number of halogens is 1. The minimum absolute atomic E-state index is 0.00894. The van der Waals surface area contributed by atoms with Crippen LogP contribution in [-0.4, -0.2) is 191 Å². The minimum atomic E-state index is -1.99. The molecule has 1 unspecified atom stereocenters. The molecule has 3 aliphatic heterocycles. The lowest BCUT2D eigenvalue weighted by Crippen LogP contribution is -2.61. The molecule has 23 heteroatoms. The fraction of sp³-hybridized carbons (Fsp3) is 0.776. The molecule has 4 aliphatic rings. The Bertz CT molecular complexity index is 2560. The van der Waals surface area contributed by atoms with E-state index in [1.807, 2.05) is 39.8 Å². The van der Waals surface area contributed by atoms with Crippen molar-refractivity contribution in [1.29, 1.82) is 0 Å². The van der Waals surface area contributed by atoms with Gasteiger partial charge < -0.3 is 82.5 Å². The molecule has 4 heterocycles. The third kappa shape index (κ3) is 15.5. The molecule has 22 nitrogen and oxygen atoms in total. The zero-order chi connectivity index (χ0) is 60.1. The zero-order valence-corrected chi connectivity index (χ0v) is 50.4. The maximum atomic E-state index is 14.7. The van der Waals surface area contributed by atoms with Crippen molar-refractivity contribution < 1.29 is 87.4 Å². The van der Waals surface area contributed by atoms with Gasteiger partial charge in [-0.2, -0.15) is 0 Å². The monoisotopic (exact) mass is 1170 g/mol. The van der Waals surface area contributed by atoms with Crippen molar-refractivity contribution in [3.8, 4) is 5.75 Å². The van der Waals surface area contributed by atoms with E-state index in [1.165, 1.54) is 26.3 Å². The Morgan fingerprint density at radius 3 is 2.22 bits per heavy atom. The van der Waals surface area contributed by atoms with Crippen molar-refractivity contribution in [3.63, 3.8) is 0 Å². The fourth-order valence-electron chi connectivity index (χ4n) is 12.0. The molecule has 0 radical (unpaired) electrons. The maximum absolute atomic E-state index is 14.7. The molecule has 458 valence electrons. The lowest BCUT2D eigenvalue weighted by Gasteiger charge is -2.49. The summed E-state index contributed by atoms with van der Waals surface area (Å²) in [5.74, 6) is -6.09. The van der Waals surface area contributed by atoms with Crippen molar-refractivity contribution in [3.05, 3.63) is 39.1 Å². The van der Waals surface area contributed by atoms with E-state index >= 15 is 0 Å². The molecule has 2 aromatic rings. The van der Waals surface area contributed by atoms with Gasteiger partial charge >= 0.3 is 17.9 Å². The van der Waals surface area contributed by atoms with E-state index in [1.54, 1.807) is 59.1 Å². The van der Waals surface area contributed by atoms with Gasteiger partial charge in [0, 0.05) is 49.6 Å². The highest BCUT2D eigenvalue weighted by Crippen LogP contribution is 2.43. The van der Waals surface area contributed by atoms with Crippen molar-refractivity contribution in [2.45, 2.75) is 218 Å². The molecule has 0 bridgehead atoms. The number of rotatable bonds is 20. The number of cyclic esters (lactones) is 1. The number of oxime groups is 1. The van der Waals surface area contributed by atoms with Crippen molar-refractivity contribution in [2.24, 2.45) is 28.8 Å². The van der Waals surface area contributed by atoms with E-state index in [9.17, 15) is 44.7 Å². The zero-order valence-electron chi connectivity index (χ0n) is 49.6. The van der Waals surface area contributed by atoms with Gasteiger partial charge in [-0.05, 0) is 106 Å². The summed E-state index contributed by atoms with van der Waals surface area (Å²) in [6.07, 6.45) is -6.73. The molecule has 1 aromatic carbocycles. The first-order valence-corrected chi connectivity index (χ1v) is 29.0. The first kappa shape index (κ1) is 66.1. The van der Waals surface area contributed by atoms with Crippen molar-refractivity contribution in [1.82, 2.24) is 9.47 Å². The topological polar surface area (TPSA) is 282 Å². The average Bonchev–Trinajstić information content (AvgIpc) is 4.42. The van der Waals surface area contributed by atoms with Crippen LogP contribution < -0.4 is 10.2 Å². The number of hydrogen-bond donors (Lipinski definition) is 5. The highest BCUT2D eigenvalue weighted by atomic mass is 35.5. The van der Waals surface area contributed by atoms with Gasteiger partial charge in [0.1, 0.15) is 47.9 Å². The summed E-state index contributed by atoms with van der Waals surface area (Å²) < 4.78 is 58.1. The van der Waals surface area contributed by atoms with Crippen LogP contribution in [-0.2, 0) is 52.3 Å². The molecule has 1 saturated carbocycles. The first-order chi connectivity index (χ1) is 38.0. The second-order valence-corrected chi connectivity index (χ2v) is 24.1. The first-order valence-electron chi connectivity index (χ1n) is 28.6. The van der Waals surface area contributed by atoms with Crippen LogP contribution in [0.25, 0.3) is 10.9 Å². The summed E-state index contributed by atoms with van der Waals surface area (Å²) in [7, 11) is 5.17. The number of pyridine rings is 1. The molecule has 0 spiro atoms. The van der Waals surface area contributed by atoms with Gasteiger partial charge in [-0.3, -0.25) is 14.4 Å². The van der Waals surface area contributed by atoms with Crippen molar-refractivity contribution >= 4 is 46.1 Å². The second-order valence-electron chi connectivity index (χ2n) is 23.7. The Morgan fingerprint density at radius 2 is 1.60 bits per heavy atom. The largest absolute Gasteiger partial charge is 0.490 e. The number of carboxylic acids is 1. The number of aromatic carboxylic acids is 1. The van der Waals surface area contributed by atoms with Crippen LogP contribution >= 0.6 is 11.6 Å². The van der Waals surface area contributed by atoms with Gasteiger partial charge in [0.2, 0.25) is 5.43 Å². The Balaban J connectivity index is 1.20. The van der Waals surface area contributed by atoms with Crippen LogP contribution in [0, 0.1) is 23.7 Å². The van der Waals surface area contributed by atoms with Crippen LogP contribution in [0.2, 0.25) is 5.02 Å². The van der Waals surface area contributed by atoms with Crippen molar-refractivity contribution in [2.75, 3.05) is 47.6 Å². The number of esters is 2. The molecule has 0 amide bonds. The average molecular weight is 1170 g/mol. The summed E-state index contributed by atoms with van der Waals surface area (Å²) in [6.45, 7) is 19.1. The SMILES string of the molecule is CCCO/N=C1\[C@H](C)C[C@@](C)(O)[C@H](O[C@@H]2O[C@H](C)C[C@H](N(C)C)[C@H]2O)[C@@H](C)C(O[C@H]2C[C@@](C)(OC)[C@@H](OC(=O)CCOCCOc3cc4c(=O)c(C(=O)O)cn(C5CC5)c4cc3Cl)[C@H](C)O2)[C@@H](C)C(=O)O[C@H](CC)[C@@](C)(O)[C@H](O)[C@H]1C. The lowest BCUT2D eigenvalue weighted by molar-refractivity contribution is -0.318. The number of aromatic nitrogens is 1. The van der Waals surface area contributed by atoms with Gasteiger partial charge in [0.15, 0.2) is 18.7 Å². The molecule has 81 heavy (non-hydrogen) atoms. The maximum Gasteiger partial charge on any atom is 0.341 e. The number of hydrogen-bond acceptors (Lipinski definition) is 20. The van der Waals surface area contributed by atoms with Crippen LogP contribution in [0.3, 0.4) is 0 Å². The lowest BCUT2D eigenvalue weighted by atomic mass is 9.73. The Hall–Kier alpha value is -4.04. The van der Waals surface area contributed by atoms with E-state index in [2.05, 4.69) is 5.16 Å². The van der Waals surface area contributed by atoms with Crippen LogP contribution in [0.15, 0.2) is 28.3 Å². The number of fused-ring (bicyclic) bond motifs is 1. The number of methoxy groups -OCH3 is 1. The molecular weight excluding hydrogens is 1080 g/mol. The van der Waals surface area contributed by atoms with Crippen LogP contribution in [0.5, 0.6) is 5.75 Å². The van der Waals surface area contributed by atoms with Crippen LogP contribution in [0.4, 0.5) is 0 Å². The van der Waals surface area contributed by atoms with Gasteiger partial charge in [-0.15, -0.1) is 0 Å². The number of carbonyl (C=O) groups is 3. The molecule has 1 aromatic heterocycles. The summed E-state index contributed by atoms with van der Waals surface area (Å²) >= 11 is 6.56. The number of carboxylic acid groups (broad SMARTS) is 1. The highest BCUT2D eigenvalue weighted by Gasteiger charge is 2.54. The molecular formula is C58H90ClN3O19. The third-order valence-electron chi connectivity index (χ3n) is 16.7. The second kappa shape index (κ2) is 27.8. The quantitative estimate of drug-likeness (QED) is 0.0574. The minimum Gasteiger partial charge on any atom is -0.490 e. The summed E-state index contributed by atoms with van der Waals surface area (Å²) in [5.41, 5.74) is -5.16. The molecule has 18 atom stereocenters. The number of ether oxygens (including phenoxy) is 9. The molecule has 5 N–H and O–H groups in total. The van der Waals surface area contributed by atoms with Gasteiger partial charge in [-0.25, -0.2) is 4.79 Å². The highest BCUT2D eigenvalue weighted by molar-refractivity contribution is 6.32. The predicted octanol–water partition coefficient (Wildman–Crippen LogP) is 6.04. The fourth-order valence-corrected chi connectivity index (χ4v) is 12.2. The normalized spacial score (nSPS) is 37.0. The summed E-state index contributed by atoms with van der Waals surface area (Å²) in [4.78, 5) is 60.7. The van der Waals surface area contributed by atoms with E-state index in [0.29, 0.717) is 24.1 Å². The smallest absolute Gasteiger partial charge is 0.341 e. The van der Waals surface area contributed by atoms with Gasteiger partial charge in [0.05, 0.1) is 83.3 Å². The number of carbonyl (C=O) groups excluding carboxylic acids is 2. The van der Waals surface area contributed by atoms with E-state index in [0.717, 1.165) is 12.8 Å². The van der Waals surface area contributed by atoms with E-state index in [-0.39, 0.29) is 92.0 Å². The number of aliphatic hydroxyl groups is 4. The van der Waals surface area contributed by atoms with E-state index < -0.39 is 119 Å². The predicted molar refractivity (Wildman–Crippen MR) is 298 cm³/mol. The number of likely N-dealkylation sites (N-methyl/N-ethyl adjacent to an activating group) is 1. The molecule has 1 aliphatic carbocycles. The molecule has 6 rings (SSSR count). The molecule has 4 fully saturated rings. The van der Waals surface area contributed by atoms with E-state index in [4.69, 9.17) is 59.1 Å². The number of aliphatic hydroxyl groups excluding tert-OH is 2. The Kier molecular flexibility index (Phi) is 22.7. The standard InChI is InChI=1S/C58H90ClN3O19/c1-15-20-75-60-46-30(3)27-56(9,70)51(81-55-48(65)41(61(12)13)24-31(4)76-55)33(6)49(34(7)54(69)78-43(16-2)58(11,71)50(66)32(46)5)80-45-28-57(10,72-14)52(35(8)77-45)79-44(63)19-21-73-22-23-74-42-25-37-40(26-39(42)59)62(36-17-18-36)29-38(47(37)64)53(67)68/h25-26,29-36,41,43,45,48-52,55,65-66,70-71H,15-24,27-28H2,1-14H3,(H,67,68)/b60-46+/t30-,31-,32+,33+,34-,35+,41+,43-,45+,48-,49?,50-,51-,52+,55+,56-,57-,58-/m1/s1. The Morgan fingerprint density at radius 1 is 0.914 bits per heavy atom. The molecule has 3 saturated heterocycles. The van der Waals surface area contributed by atoms with Crippen LogP contribution in [0.1, 0.15) is 144 Å². The summed E-state index contributed by atoms with van der Waals surface area (Å²) in [6, 6.07) is 2.73. The summed E-state index contributed by atoms with van der Waals surface area (Å²) in [5, 5.41) is 63.4.